The number of aromatic nitrogens is 1. The predicted octanol–water partition coefficient (Wildman–Crippen LogP) is 4.35. The van der Waals surface area contributed by atoms with E-state index in [1.807, 2.05) is 26.0 Å². The van der Waals surface area contributed by atoms with Gasteiger partial charge in [-0.15, -0.1) is 0 Å². The number of fused-ring (bicyclic) bond motifs is 1. The third-order valence-electron chi connectivity index (χ3n) is 4.07. The Hall–Kier alpha value is -2.24. The molecular formula is C19H17Cl2NO4. The Labute approximate surface area is 159 Å². The minimum absolute atomic E-state index is 0.280. The van der Waals surface area contributed by atoms with Crippen molar-refractivity contribution in [1.29, 1.82) is 0 Å². The van der Waals surface area contributed by atoms with Crippen molar-refractivity contribution in [2.24, 2.45) is 0 Å². The van der Waals surface area contributed by atoms with Crippen LogP contribution in [0.4, 0.5) is 0 Å². The van der Waals surface area contributed by atoms with Crippen LogP contribution in [0.1, 0.15) is 17.5 Å². The Kier molecular flexibility index (Phi) is 5.39. The Morgan fingerprint density at radius 2 is 1.77 bits per heavy atom. The molecule has 2 aromatic carbocycles. The van der Waals surface area contributed by atoms with Gasteiger partial charge in [0.25, 0.3) is 0 Å². The van der Waals surface area contributed by atoms with Gasteiger partial charge in [-0.05, 0) is 61.7 Å². The first-order valence-corrected chi connectivity index (χ1v) is 8.85. The molecule has 0 unspecified atom stereocenters. The summed E-state index contributed by atoms with van der Waals surface area (Å²) in [6.45, 7) is 4.60. The summed E-state index contributed by atoms with van der Waals surface area (Å²) >= 11 is 12.1. The van der Waals surface area contributed by atoms with E-state index in [1.54, 1.807) is 12.1 Å². The fourth-order valence-electron chi connectivity index (χ4n) is 2.81. The zero-order valence-corrected chi connectivity index (χ0v) is 15.9. The van der Waals surface area contributed by atoms with Gasteiger partial charge >= 0.3 is 11.4 Å². The van der Waals surface area contributed by atoms with Crippen molar-refractivity contribution in [3.05, 3.63) is 72.5 Å². The van der Waals surface area contributed by atoms with Crippen LogP contribution in [0.5, 0.6) is 5.75 Å². The van der Waals surface area contributed by atoms with Gasteiger partial charge < -0.3 is 9.15 Å². The molecule has 0 bridgehead atoms. The van der Waals surface area contributed by atoms with Crippen molar-refractivity contribution >= 4 is 34.1 Å². The molecule has 26 heavy (non-hydrogen) atoms. The molecule has 3 rings (SSSR count). The van der Waals surface area contributed by atoms with Gasteiger partial charge in [0.1, 0.15) is 5.75 Å². The maximum atomic E-state index is 12.0. The number of aryl methyl sites for hydroxylation is 3. The number of benzene rings is 2. The van der Waals surface area contributed by atoms with Gasteiger partial charge in [-0.2, -0.15) is 0 Å². The highest BCUT2D eigenvalue weighted by Crippen LogP contribution is 2.26. The molecule has 0 atom stereocenters. The summed E-state index contributed by atoms with van der Waals surface area (Å²) in [5.41, 5.74) is 1.71. The van der Waals surface area contributed by atoms with Gasteiger partial charge in [0.05, 0.1) is 17.5 Å². The van der Waals surface area contributed by atoms with Crippen molar-refractivity contribution in [1.82, 2.24) is 4.57 Å². The molecule has 1 aromatic heterocycles. The Morgan fingerprint density at radius 1 is 1.08 bits per heavy atom. The second-order valence-corrected chi connectivity index (χ2v) is 6.86. The van der Waals surface area contributed by atoms with Crippen molar-refractivity contribution in [3.63, 3.8) is 0 Å². The third-order valence-corrected chi connectivity index (χ3v) is 4.91. The van der Waals surface area contributed by atoms with Crippen LogP contribution in [0.2, 0.25) is 10.0 Å². The molecule has 0 saturated heterocycles. The number of hydrogen-bond acceptors (Lipinski definition) is 4. The van der Waals surface area contributed by atoms with Gasteiger partial charge in [0, 0.05) is 16.6 Å². The topological polar surface area (TPSA) is 61.4 Å². The second kappa shape index (κ2) is 7.56. The minimum Gasteiger partial charge on any atom is -0.494 e. The highest BCUT2D eigenvalue weighted by atomic mass is 35.5. The van der Waals surface area contributed by atoms with Crippen LogP contribution in [0.15, 0.2) is 44.3 Å². The number of ether oxygens (including phenoxy) is 1. The van der Waals surface area contributed by atoms with Crippen LogP contribution in [-0.4, -0.2) is 11.2 Å². The number of rotatable bonds is 5. The normalized spacial score (nSPS) is 11.1. The predicted molar refractivity (Wildman–Crippen MR) is 103 cm³/mol. The molecule has 3 aromatic rings. The molecule has 0 fully saturated rings. The lowest BCUT2D eigenvalue weighted by Crippen LogP contribution is -2.25. The second-order valence-electron chi connectivity index (χ2n) is 6.04. The largest absolute Gasteiger partial charge is 0.494 e. The monoisotopic (exact) mass is 393 g/mol. The van der Waals surface area contributed by atoms with E-state index in [0.29, 0.717) is 30.1 Å². The maximum Gasteiger partial charge on any atom is 0.422 e. The highest BCUT2D eigenvalue weighted by Gasteiger charge is 2.10. The minimum atomic E-state index is -0.692. The van der Waals surface area contributed by atoms with Gasteiger partial charge in [-0.3, -0.25) is 4.57 Å². The Balaban J connectivity index is 1.75. The fourth-order valence-corrected chi connectivity index (χ4v) is 3.09. The average molecular weight is 394 g/mol. The molecule has 5 nitrogen and oxygen atoms in total. The Bertz CT molecular complexity index is 1060. The van der Waals surface area contributed by atoms with Gasteiger partial charge in [0.2, 0.25) is 0 Å². The smallest absolute Gasteiger partial charge is 0.422 e. The zero-order chi connectivity index (χ0) is 18.8. The molecule has 0 aliphatic heterocycles. The lowest BCUT2D eigenvalue weighted by atomic mass is 10.1. The van der Waals surface area contributed by atoms with Crippen LogP contribution in [-0.2, 0) is 6.54 Å². The van der Waals surface area contributed by atoms with E-state index >= 15 is 0 Å². The number of halogens is 2. The first-order chi connectivity index (χ1) is 12.4. The lowest BCUT2D eigenvalue weighted by Gasteiger charge is -2.11. The molecule has 0 saturated carbocycles. The summed E-state index contributed by atoms with van der Waals surface area (Å²) in [7, 11) is 0. The fraction of sp³-hybridized carbons (Fsp3) is 0.263. The van der Waals surface area contributed by atoms with Crippen LogP contribution in [0.25, 0.3) is 10.9 Å². The van der Waals surface area contributed by atoms with E-state index in [9.17, 15) is 9.59 Å². The molecule has 0 spiro atoms. The lowest BCUT2D eigenvalue weighted by molar-refractivity contribution is 0.296. The van der Waals surface area contributed by atoms with E-state index in [0.717, 1.165) is 21.9 Å². The number of hydrogen-bond donors (Lipinski definition) is 0. The summed E-state index contributed by atoms with van der Waals surface area (Å²) in [5.74, 6) is 0.0379. The molecule has 7 heteroatoms. The molecule has 0 radical (unpaired) electrons. The van der Waals surface area contributed by atoms with E-state index in [-0.39, 0.29) is 5.39 Å². The van der Waals surface area contributed by atoms with E-state index < -0.39 is 11.4 Å². The third kappa shape index (κ3) is 3.79. The van der Waals surface area contributed by atoms with Crippen molar-refractivity contribution < 1.29 is 9.15 Å². The van der Waals surface area contributed by atoms with E-state index in [4.69, 9.17) is 32.4 Å². The summed E-state index contributed by atoms with van der Waals surface area (Å²) in [6.07, 6.45) is 0.562. The molecule has 0 aliphatic carbocycles. The SMILES string of the molecule is Cc1cc(OCCCn2c(=O)oc(=O)c3cc(Cl)ccc32)cc(C)c1Cl. The van der Waals surface area contributed by atoms with Crippen LogP contribution >= 0.6 is 23.2 Å². The van der Waals surface area contributed by atoms with Gasteiger partial charge in [-0.1, -0.05) is 23.2 Å². The first-order valence-electron chi connectivity index (χ1n) is 8.09. The standard InChI is InChI=1S/C19H17Cl2NO4/c1-11-8-14(9-12(2)17(11)21)25-7-3-6-22-16-5-4-13(20)10-15(16)18(23)26-19(22)24/h4-5,8-10H,3,6-7H2,1-2H3. The molecule has 1 heterocycles. The summed E-state index contributed by atoms with van der Waals surface area (Å²) in [5, 5.41) is 1.42. The molecule has 0 amide bonds. The maximum absolute atomic E-state index is 12.0. The molecule has 0 aliphatic rings. The first kappa shape index (κ1) is 18.5. The molecular weight excluding hydrogens is 377 g/mol. The van der Waals surface area contributed by atoms with Crippen LogP contribution in [0, 0.1) is 13.8 Å². The van der Waals surface area contributed by atoms with Crippen molar-refractivity contribution in [3.8, 4) is 5.75 Å². The number of nitrogens with zero attached hydrogens (tertiary/aromatic N) is 1. The van der Waals surface area contributed by atoms with Crippen LogP contribution < -0.4 is 16.1 Å². The van der Waals surface area contributed by atoms with E-state index in [1.165, 1.54) is 10.6 Å². The quantitative estimate of drug-likeness (QED) is 0.604. The van der Waals surface area contributed by atoms with E-state index in [2.05, 4.69) is 0 Å². The zero-order valence-electron chi connectivity index (χ0n) is 14.3. The van der Waals surface area contributed by atoms with Crippen LogP contribution in [0.3, 0.4) is 0 Å². The van der Waals surface area contributed by atoms with Gasteiger partial charge in [-0.25, -0.2) is 9.59 Å². The molecule has 0 N–H and O–H groups in total. The molecule has 136 valence electrons. The van der Waals surface area contributed by atoms with Crippen molar-refractivity contribution in [2.75, 3.05) is 6.61 Å². The Morgan fingerprint density at radius 3 is 2.46 bits per heavy atom. The summed E-state index contributed by atoms with van der Waals surface area (Å²) in [6, 6.07) is 8.52. The summed E-state index contributed by atoms with van der Waals surface area (Å²) in [4.78, 5) is 23.9. The summed E-state index contributed by atoms with van der Waals surface area (Å²) < 4.78 is 11.9. The average Bonchev–Trinajstić information content (AvgIpc) is 2.59. The highest BCUT2D eigenvalue weighted by molar-refractivity contribution is 6.32. The van der Waals surface area contributed by atoms with Gasteiger partial charge in [0.15, 0.2) is 0 Å². The van der Waals surface area contributed by atoms with Crippen molar-refractivity contribution in [2.45, 2.75) is 26.8 Å².